The van der Waals surface area contributed by atoms with E-state index in [1.165, 1.54) is 5.56 Å². The van der Waals surface area contributed by atoms with E-state index < -0.39 is 0 Å². The van der Waals surface area contributed by atoms with Crippen molar-refractivity contribution in [1.82, 2.24) is 5.32 Å². The highest BCUT2D eigenvalue weighted by molar-refractivity contribution is 5.40. The third-order valence-corrected chi connectivity index (χ3v) is 3.78. The van der Waals surface area contributed by atoms with Gasteiger partial charge in [0.2, 0.25) is 0 Å². The minimum atomic E-state index is 0.293. The fourth-order valence-corrected chi connectivity index (χ4v) is 2.68. The van der Waals surface area contributed by atoms with Gasteiger partial charge in [0.1, 0.15) is 11.5 Å². The van der Waals surface area contributed by atoms with Gasteiger partial charge in [-0.15, -0.1) is 0 Å². The van der Waals surface area contributed by atoms with E-state index in [1.54, 1.807) is 14.2 Å². The number of ether oxygens (including phenoxy) is 3. The summed E-state index contributed by atoms with van der Waals surface area (Å²) in [5.74, 6) is 2.18. The predicted molar refractivity (Wildman–Crippen MR) is 79.5 cm³/mol. The molecule has 1 N–H and O–H groups in total. The van der Waals surface area contributed by atoms with Crippen LogP contribution in [0.25, 0.3) is 0 Å². The Morgan fingerprint density at radius 3 is 2.45 bits per heavy atom. The average Bonchev–Trinajstić information content (AvgIpc) is 3.01. The predicted octanol–water partition coefficient (Wildman–Crippen LogP) is 2.78. The molecular weight excluding hydrogens is 254 g/mol. The molecule has 0 radical (unpaired) electrons. The van der Waals surface area contributed by atoms with Crippen molar-refractivity contribution in [2.75, 3.05) is 34.0 Å². The summed E-state index contributed by atoms with van der Waals surface area (Å²) in [7, 11) is 3.37. The Balaban J connectivity index is 2.25. The topological polar surface area (TPSA) is 39.7 Å². The van der Waals surface area contributed by atoms with Crippen LogP contribution in [0.4, 0.5) is 0 Å². The maximum atomic E-state index is 5.55. The molecule has 0 saturated carbocycles. The standard InChI is InChI=1S/C16H25NO3/c1-4-6-17-16(12-5-7-20-11-12)13-8-14(18-2)10-15(9-13)19-3/h8-10,12,16-17H,4-7,11H2,1-3H3. The summed E-state index contributed by atoms with van der Waals surface area (Å²) in [6, 6.07) is 6.38. The molecule has 4 heteroatoms. The van der Waals surface area contributed by atoms with Gasteiger partial charge in [-0.25, -0.2) is 0 Å². The lowest BCUT2D eigenvalue weighted by Gasteiger charge is -2.25. The number of methoxy groups -OCH3 is 2. The van der Waals surface area contributed by atoms with Crippen LogP contribution in [0.15, 0.2) is 18.2 Å². The summed E-state index contributed by atoms with van der Waals surface area (Å²) in [5.41, 5.74) is 1.21. The van der Waals surface area contributed by atoms with Gasteiger partial charge in [-0.05, 0) is 37.1 Å². The van der Waals surface area contributed by atoms with E-state index >= 15 is 0 Å². The number of hydrogen-bond acceptors (Lipinski definition) is 4. The van der Waals surface area contributed by atoms with E-state index in [0.717, 1.165) is 44.1 Å². The molecule has 112 valence electrons. The number of rotatable bonds is 7. The highest BCUT2D eigenvalue weighted by Gasteiger charge is 2.27. The molecule has 0 spiro atoms. The smallest absolute Gasteiger partial charge is 0.122 e. The van der Waals surface area contributed by atoms with Gasteiger partial charge in [0.05, 0.1) is 20.8 Å². The summed E-state index contributed by atoms with van der Waals surface area (Å²) < 4.78 is 16.3. The largest absolute Gasteiger partial charge is 0.497 e. The molecule has 0 bridgehead atoms. The molecular formula is C16H25NO3. The van der Waals surface area contributed by atoms with Crippen LogP contribution < -0.4 is 14.8 Å². The zero-order chi connectivity index (χ0) is 14.4. The fraction of sp³-hybridized carbons (Fsp3) is 0.625. The highest BCUT2D eigenvalue weighted by Crippen LogP contribution is 2.33. The summed E-state index contributed by atoms with van der Waals surface area (Å²) in [6.45, 7) is 4.86. The number of hydrogen-bond donors (Lipinski definition) is 1. The van der Waals surface area contributed by atoms with Crippen LogP contribution in [0.5, 0.6) is 11.5 Å². The van der Waals surface area contributed by atoms with Gasteiger partial charge in [-0.2, -0.15) is 0 Å². The molecule has 0 aromatic heterocycles. The van der Waals surface area contributed by atoms with Crippen LogP contribution >= 0.6 is 0 Å². The quantitative estimate of drug-likeness (QED) is 0.833. The average molecular weight is 279 g/mol. The monoisotopic (exact) mass is 279 g/mol. The SMILES string of the molecule is CCCNC(c1cc(OC)cc(OC)c1)C1CCOC1. The van der Waals surface area contributed by atoms with Crippen molar-refractivity contribution in [3.63, 3.8) is 0 Å². The minimum absolute atomic E-state index is 0.293. The third kappa shape index (κ3) is 3.64. The number of benzene rings is 1. The fourth-order valence-electron chi connectivity index (χ4n) is 2.68. The van der Waals surface area contributed by atoms with Gasteiger partial charge in [0.25, 0.3) is 0 Å². The van der Waals surface area contributed by atoms with Crippen LogP contribution in [0.3, 0.4) is 0 Å². The van der Waals surface area contributed by atoms with Gasteiger partial charge in [-0.3, -0.25) is 0 Å². The number of nitrogens with one attached hydrogen (secondary N) is 1. The normalized spacial score (nSPS) is 19.9. The van der Waals surface area contributed by atoms with Crippen molar-refractivity contribution in [3.8, 4) is 11.5 Å². The van der Waals surface area contributed by atoms with Crippen molar-refractivity contribution in [3.05, 3.63) is 23.8 Å². The van der Waals surface area contributed by atoms with Crippen LogP contribution in [0.1, 0.15) is 31.4 Å². The van der Waals surface area contributed by atoms with Crippen molar-refractivity contribution in [1.29, 1.82) is 0 Å². The molecule has 2 unspecified atom stereocenters. The molecule has 1 saturated heterocycles. The molecule has 0 amide bonds. The first kappa shape index (κ1) is 15.1. The lowest BCUT2D eigenvalue weighted by Crippen LogP contribution is -2.29. The molecule has 1 aliphatic heterocycles. The van der Waals surface area contributed by atoms with Crippen molar-refractivity contribution in [2.24, 2.45) is 5.92 Å². The maximum Gasteiger partial charge on any atom is 0.122 e. The lowest BCUT2D eigenvalue weighted by molar-refractivity contribution is 0.176. The van der Waals surface area contributed by atoms with E-state index in [4.69, 9.17) is 14.2 Å². The van der Waals surface area contributed by atoms with Gasteiger partial charge in [0.15, 0.2) is 0 Å². The summed E-state index contributed by atoms with van der Waals surface area (Å²) in [4.78, 5) is 0. The molecule has 1 fully saturated rings. The second-order valence-electron chi connectivity index (χ2n) is 5.20. The first-order chi connectivity index (χ1) is 9.78. The molecule has 4 nitrogen and oxygen atoms in total. The van der Waals surface area contributed by atoms with Gasteiger partial charge >= 0.3 is 0 Å². The summed E-state index contributed by atoms with van der Waals surface area (Å²) in [6.07, 6.45) is 2.21. The Morgan fingerprint density at radius 2 is 1.95 bits per heavy atom. The van der Waals surface area contributed by atoms with E-state index in [-0.39, 0.29) is 0 Å². The summed E-state index contributed by atoms with van der Waals surface area (Å²) >= 11 is 0. The Bertz CT molecular complexity index is 394. The Labute approximate surface area is 121 Å². The van der Waals surface area contributed by atoms with Crippen LogP contribution in [0.2, 0.25) is 0 Å². The van der Waals surface area contributed by atoms with Crippen LogP contribution in [-0.2, 0) is 4.74 Å². The van der Waals surface area contributed by atoms with Crippen LogP contribution in [0, 0.1) is 5.92 Å². The summed E-state index contributed by atoms with van der Waals surface area (Å²) in [5, 5.41) is 3.64. The van der Waals surface area contributed by atoms with Gasteiger partial charge in [0, 0.05) is 24.6 Å². The first-order valence-corrected chi connectivity index (χ1v) is 7.32. The molecule has 1 aromatic carbocycles. The molecule has 2 atom stereocenters. The zero-order valence-corrected chi connectivity index (χ0v) is 12.6. The lowest BCUT2D eigenvalue weighted by atomic mass is 9.92. The molecule has 20 heavy (non-hydrogen) atoms. The maximum absolute atomic E-state index is 5.55. The Kier molecular flexibility index (Phi) is 5.68. The van der Waals surface area contributed by atoms with Crippen molar-refractivity contribution >= 4 is 0 Å². The zero-order valence-electron chi connectivity index (χ0n) is 12.6. The van der Waals surface area contributed by atoms with Crippen molar-refractivity contribution in [2.45, 2.75) is 25.8 Å². The molecule has 0 aliphatic carbocycles. The Morgan fingerprint density at radius 1 is 1.25 bits per heavy atom. The second kappa shape index (κ2) is 7.50. The van der Waals surface area contributed by atoms with Gasteiger partial charge in [-0.1, -0.05) is 6.92 Å². The molecule has 1 heterocycles. The van der Waals surface area contributed by atoms with E-state index in [1.807, 2.05) is 6.07 Å². The van der Waals surface area contributed by atoms with E-state index in [9.17, 15) is 0 Å². The minimum Gasteiger partial charge on any atom is -0.497 e. The first-order valence-electron chi connectivity index (χ1n) is 7.32. The van der Waals surface area contributed by atoms with Crippen LogP contribution in [-0.4, -0.2) is 34.0 Å². The van der Waals surface area contributed by atoms with Gasteiger partial charge < -0.3 is 19.5 Å². The molecule has 1 aromatic rings. The second-order valence-corrected chi connectivity index (χ2v) is 5.20. The highest BCUT2D eigenvalue weighted by atomic mass is 16.5. The van der Waals surface area contributed by atoms with Crippen molar-refractivity contribution < 1.29 is 14.2 Å². The molecule has 1 aliphatic rings. The van der Waals surface area contributed by atoms with E-state index in [0.29, 0.717) is 12.0 Å². The molecule has 2 rings (SSSR count). The Hall–Kier alpha value is -1.26. The third-order valence-electron chi connectivity index (χ3n) is 3.78. The van der Waals surface area contributed by atoms with E-state index in [2.05, 4.69) is 24.4 Å².